The van der Waals surface area contributed by atoms with Crippen LogP contribution in [0.3, 0.4) is 0 Å². The van der Waals surface area contributed by atoms with Crippen LogP contribution in [-0.4, -0.2) is 26.9 Å². The van der Waals surface area contributed by atoms with E-state index in [1.807, 2.05) is 12.4 Å². The maximum absolute atomic E-state index is 6.67. The van der Waals surface area contributed by atoms with E-state index in [1.165, 1.54) is 36.8 Å². The van der Waals surface area contributed by atoms with Gasteiger partial charge in [0.15, 0.2) is 0 Å². The number of nitrogens with zero attached hydrogens (tertiary/aromatic N) is 2. The summed E-state index contributed by atoms with van der Waals surface area (Å²) in [5.74, 6) is 1.17. The fraction of sp³-hybridized carbons (Fsp3) is 0.571. The van der Waals surface area contributed by atoms with E-state index < -0.39 is 5.54 Å². The molecule has 2 aliphatic carbocycles. The highest BCUT2D eigenvalue weighted by Crippen LogP contribution is 2.46. The zero-order valence-corrected chi connectivity index (χ0v) is 13.8. The van der Waals surface area contributed by atoms with Crippen LogP contribution in [0.1, 0.15) is 60.0 Å². The molecule has 0 saturated heterocycles. The topological polar surface area (TPSA) is 109 Å². The summed E-state index contributed by atoms with van der Waals surface area (Å²) in [5, 5.41) is 14.8. The first-order valence-corrected chi connectivity index (χ1v) is 7.31. The van der Waals surface area contributed by atoms with Crippen molar-refractivity contribution >= 4 is 24.8 Å². The van der Waals surface area contributed by atoms with Gasteiger partial charge in [-0.15, -0.1) is 24.8 Å². The molecule has 2 aliphatic rings. The van der Waals surface area contributed by atoms with E-state index in [0.29, 0.717) is 18.4 Å². The molecule has 0 bridgehead atoms. The van der Waals surface area contributed by atoms with Crippen LogP contribution < -0.4 is 11.5 Å². The van der Waals surface area contributed by atoms with Crippen LogP contribution in [0, 0.1) is 0 Å². The number of halogens is 2. The number of nitrogens with one attached hydrogen (secondary N) is 2. The number of aromatic nitrogens is 4. The van der Waals surface area contributed by atoms with Crippen LogP contribution in [0.25, 0.3) is 0 Å². The first-order chi connectivity index (χ1) is 9.74. The zero-order valence-electron chi connectivity index (χ0n) is 12.2. The average molecular weight is 345 g/mol. The van der Waals surface area contributed by atoms with Gasteiger partial charge in [0.25, 0.3) is 0 Å². The molecule has 4 rings (SSSR count). The van der Waals surface area contributed by atoms with Crippen molar-refractivity contribution in [1.82, 2.24) is 20.4 Å². The van der Waals surface area contributed by atoms with E-state index in [4.69, 9.17) is 11.5 Å². The highest BCUT2D eigenvalue weighted by atomic mass is 35.5. The van der Waals surface area contributed by atoms with Crippen molar-refractivity contribution in [2.24, 2.45) is 11.5 Å². The second-order valence-electron chi connectivity index (χ2n) is 6.10. The summed E-state index contributed by atoms with van der Waals surface area (Å²) in [4.78, 5) is 0. The molecule has 0 atom stereocenters. The van der Waals surface area contributed by atoms with E-state index >= 15 is 0 Å². The molecule has 0 radical (unpaired) electrons. The van der Waals surface area contributed by atoms with Crippen molar-refractivity contribution in [3.05, 3.63) is 34.9 Å². The van der Waals surface area contributed by atoms with Gasteiger partial charge in [0.1, 0.15) is 5.54 Å². The van der Waals surface area contributed by atoms with Gasteiger partial charge in [-0.1, -0.05) is 0 Å². The lowest BCUT2D eigenvalue weighted by molar-refractivity contribution is 0.505. The quantitative estimate of drug-likeness (QED) is 0.663. The molecule has 122 valence electrons. The fourth-order valence-electron chi connectivity index (χ4n) is 3.03. The fourth-order valence-corrected chi connectivity index (χ4v) is 3.03. The molecule has 0 aromatic carbocycles. The second kappa shape index (κ2) is 6.20. The molecule has 2 saturated carbocycles. The summed E-state index contributed by atoms with van der Waals surface area (Å²) < 4.78 is 0. The van der Waals surface area contributed by atoms with Crippen molar-refractivity contribution in [3.63, 3.8) is 0 Å². The molecule has 6 nitrogen and oxygen atoms in total. The van der Waals surface area contributed by atoms with Gasteiger partial charge in [-0.2, -0.15) is 10.2 Å². The van der Waals surface area contributed by atoms with Crippen LogP contribution in [-0.2, 0) is 5.54 Å². The van der Waals surface area contributed by atoms with Crippen LogP contribution >= 0.6 is 24.8 Å². The lowest BCUT2D eigenvalue weighted by Gasteiger charge is -2.26. The molecule has 0 aliphatic heterocycles. The number of aromatic amines is 2. The van der Waals surface area contributed by atoms with E-state index in [-0.39, 0.29) is 24.8 Å². The molecule has 2 fully saturated rings. The van der Waals surface area contributed by atoms with E-state index in [0.717, 1.165) is 11.4 Å². The third kappa shape index (κ3) is 2.65. The number of rotatable bonds is 5. The van der Waals surface area contributed by atoms with Crippen molar-refractivity contribution < 1.29 is 0 Å². The average Bonchev–Trinajstić information content (AvgIpc) is 3.40. The minimum Gasteiger partial charge on any atom is -0.328 e. The smallest absolute Gasteiger partial charge is 0.118 e. The van der Waals surface area contributed by atoms with Gasteiger partial charge in [-0.3, -0.25) is 10.2 Å². The van der Waals surface area contributed by atoms with Gasteiger partial charge < -0.3 is 11.5 Å². The zero-order chi connectivity index (χ0) is 13.7. The van der Waals surface area contributed by atoms with Gasteiger partial charge in [0, 0.05) is 18.9 Å². The summed E-state index contributed by atoms with van der Waals surface area (Å²) in [6.45, 7) is 0.308. The molecule has 2 heterocycles. The molecule has 6 N–H and O–H groups in total. The van der Waals surface area contributed by atoms with Crippen LogP contribution in [0.4, 0.5) is 0 Å². The molecule has 0 unspecified atom stereocenters. The minimum atomic E-state index is -0.796. The first kappa shape index (κ1) is 17.3. The lowest BCUT2D eigenvalue weighted by atomic mass is 9.86. The highest BCUT2D eigenvalue weighted by molar-refractivity contribution is 5.85. The summed E-state index contributed by atoms with van der Waals surface area (Å²) in [6.07, 6.45) is 8.78. The van der Waals surface area contributed by atoms with Gasteiger partial charge in [-0.25, -0.2) is 0 Å². The molecule has 0 amide bonds. The third-order valence-electron chi connectivity index (χ3n) is 4.54. The molecule has 22 heavy (non-hydrogen) atoms. The lowest BCUT2D eigenvalue weighted by Crippen LogP contribution is -2.47. The maximum atomic E-state index is 6.67. The summed E-state index contributed by atoms with van der Waals surface area (Å²) in [6, 6.07) is 0. The molecule has 0 spiro atoms. The summed E-state index contributed by atoms with van der Waals surface area (Å²) in [5.41, 5.74) is 16.1. The van der Waals surface area contributed by atoms with Crippen LogP contribution in [0.2, 0.25) is 0 Å². The standard InChI is InChI=1S/C14H20N6.2ClH/c15-7-14(16,12-10(5-17-19-12)8-1-2-8)13-11(6-18-20-13)9-3-4-9;;/h5-6,8-9H,1-4,7,15-16H2,(H,17,19)(H,18,20);2*1H. The molecular formula is C14H22Cl2N6. The normalized spacial score (nSPS) is 17.7. The predicted molar refractivity (Wildman–Crippen MR) is 89.6 cm³/mol. The van der Waals surface area contributed by atoms with Crippen LogP contribution in [0.15, 0.2) is 12.4 Å². The SMILES string of the molecule is Cl.Cl.NCC(N)(c1n[nH]cc1C1CC1)c1n[nH]cc1C1CC1. The Morgan fingerprint density at radius 1 is 0.955 bits per heavy atom. The molecule has 2 aromatic rings. The number of H-pyrrole nitrogens is 2. The monoisotopic (exact) mass is 344 g/mol. The molecular weight excluding hydrogens is 323 g/mol. The van der Waals surface area contributed by atoms with Crippen molar-refractivity contribution in [2.45, 2.75) is 43.1 Å². The number of hydrogen-bond acceptors (Lipinski definition) is 4. The second-order valence-corrected chi connectivity index (χ2v) is 6.10. The van der Waals surface area contributed by atoms with Crippen LogP contribution in [0.5, 0.6) is 0 Å². The van der Waals surface area contributed by atoms with Crippen molar-refractivity contribution in [3.8, 4) is 0 Å². The molecule has 8 heteroatoms. The number of nitrogens with two attached hydrogens (primary N) is 2. The van der Waals surface area contributed by atoms with Gasteiger partial charge >= 0.3 is 0 Å². The first-order valence-electron chi connectivity index (χ1n) is 7.31. The largest absolute Gasteiger partial charge is 0.328 e. The van der Waals surface area contributed by atoms with Crippen molar-refractivity contribution in [1.29, 1.82) is 0 Å². The van der Waals surface area contributed by atoms with Gasteiger partial charge in [-0.05, 0) is 48.6 Å². The Hall–Kier alpha value is -1.08. The minimum absolute atomic E-state index is 0. The third-order valence-corrected chi connectivity index (χ3v) is 4.54. The maximum Gasteiger partial charge on any atom is 0.118 e. The van der Waals surface area contributed by atoms with E-state index in [1.54, 1.807) is 0 Å². The van der Waals surface area contributed by atoms with Crippen molar-refractivity contribution in [2.75, 3.05) is 6.54 Å². The Morgan fingerprint density at radius 2 is 1.36 bits per heavy atom. The summed E-state index contributed by atoms with van der Waals surface area (Å²) >= 11 is 0. The Bertz CT molecular complexity index is 579. The van der Waals surface area contributed by atoms with E-state index in [9.17, 15) is 0 Å². The Kier molecular flexibility index (Phi) is 4.87. The molecule has 2 aromatic heterocycles. The Morgan fingerprint density at radius 3 is 1.68 bits per heavy atom. The van der Waals surface area contributed by atoms with Gasteiger partial charge in [0.2, 0.25) is 0 Å². The summed E-state index contributed by atoms with van der Waals surface area (Å²) in [7, 11) is 0. The Labute approximate surface area is 141 Å². The van der Waals surface area contributed by atoms with E-state index in [2.05, 4.69) is 20.4 Å². The highest BCUT2D eigenvalue weighted by Gasteiger charge is 2.42. The predicted octanol–water partition coefficient (Wildman–Crippen LogP) is 1.89. The number of hydrogen-bond donors (Lipinski definition) is 4. The van der Waals surface area contributed by atoms with Gasteiger partial charge in [0.05, 0.1) is 11.4 Å². The Balaban J connectivity index is 0.000000882.